The lowest BCUT2D eigenvalue weighted by molar-refractivity contribution is -0.139. The van der Waals surface area contributed by atoms with E-state index in [1.165, 1.54) is 12.1 Å². The van der Waals surface area contributed by atoms with Crippen LogP contribution in [0.1, 0.15) is 12.8 Å². The van der Waals surface area contributed by atoms with Crippen molar-refractivity contribution in [2.45, 2.75) is 12.8 Å². The van der Waals surface area contributed by atoms with Gasteiger partial charge in [0.05, 0.1) is 5.75 Å². The van der Waals surface area contributed by atoms with E-state index in [1.54, 1.807) is 12.1 Å². The summed E-state index contributed by atoms with van der Waals surface area (Å²) in [5, 5.41) is 11.1. The fourth-order valence-electron chi connectivity index (χ4n) is 1.50. The second-order valence-electron chi connectivity index (χ2n) is 4.49. The maximum Gasteiger partial charge on any atom is 0.341 e. The van der Waals surface area contributed by atoms with Crippen LogP contribution in [0.15, 0.2) is 24.3 Å². The molecule has 2 N–H and O–H groups in total. The van der Waals surface area contributed by atoms with Crippen molar-refractivity contribution in [3.05, 3.63) is 24.3 Å². The summed E-state index contributed by atoms with van der Waals surface area (Å²) >= 11 is 0. The summed E-state index contributed by atoms with van der Waals surface area (Å²) in [4.78, 5) is 21.9. The van der Waals surface area contributed by atoms with Gasteiger partial charge in [0.1, 0.15) is 15.6 Å². The van der Waals surface area contributed by atoms with E-state index in [-0.39, 0.29) is 24.5 Å². The first-order valence-corrected chi connectivity index (χ1v) is 8.24. The number of amides is 1. The number of rotatable bonds is 8. The minimum absolute atomic E-state index is 0.0254. The van der Waals surface area contributed by atoms with E-state index in [0.29, 0.717) is 11.4 Å². The lowest BCUT2D eigenvalue weighted by Crippen LogP contribution is -2.13. The van der Waals surface area contributed by atoms with Crippen LogP contribution in [0.3, 0.4) is 0 Å². The summed E-state index contributed by atoms with van der Waals surface area (Å²) in [5.74, 6) is -0.994. The maximum atomic E-state index is 11.6. The highest BCUT2D eigenvalue weighted by atomic mass is 32.2. The van der Waals surface area contributed by atoms with Crippen LogP contribution in [0.5, 0.6) is 5.75 Å². The van der Waals surface area contributed by atoms with Crippen molar-refractivity contribution in [1.82, 2.24) is 0 Å². The molecule has 1 aromatic rings. The number of carboxylic acids is 1. The summed E-state index contributed by atoms with van der Waals surface area (Å²) in [6.45, 7) is -0.433. The third kappa shape index (κ3) is 7.93. The molecule has 0 bridgehead atoms. The van der Waals surface area contributed by atoms with E-state index in [1.807, 2.05) is 0 Å². The van der Waals surface area contributed by atoms with E-state index < -0.39 is 22.4 Å². The Balaban J connectivity index is 2.41. The molecule has 0 radical (unpaired) electrons. The molecule has 0 aliphatic carbocycles. The van der Waals surface area contributed by atoms with Crippen molar-refractivity contribution in [2.24, 2.45) is 0 Å². The van der Waals surface area contributed by atoms with Crippen LogP contribution in [0.2, 0.25) is 0 Å². The number of carbonyl (C=O) groups is 2. The van der Waals surface area contributed by atoms with Gasteiger partial charge in [0.2, 0.25) is 5.91 Å². The number of ether oxygens (including phenoxy) is 1. The molecule has 1 rings (SSSR count). The van der Waals surface area contributed by atoms with Gasteiger partial charge in [-0.2, -0.15) is 0 Å². The van der Waals surface area contributed by atoms with Crippen LogP contribution in [0.4, 0.5) is 5.69 Å². The maximum absolute atomic E-state index is 11.6. The van der Waals surface area contributed by atoms with Gasteiger partial charge < -0.3 is 15.2 Å². The number of hydrogen-bond acceptors (Lipinski definition) is 5. The highest BCUT2D eigenvalue weighted by Crippen LogP contribution is 2.16. The molecule has 7 nitrogen and oxygen atoms in total. The Kier molecular flexibility index (Phi) is 6.16. The van der Waals surface area contributed by atoms with Crippen LogP contribution in [0.25, 0.3) is 0 Å². The zero-order valence-electron chi connectivity index (χ0n) is 11.5. The van der Waals surface area contributed by atoms with E-state index >= 15 is 0 Å². The quantitative estimate of drug-likeness (QED) is 0.738. The molecule has 0 saturated carbocycles. The van der Waals surface area contributed by atoms with Gasteiger partial charge in [-0.25, -0.2) is 13.2 Å². The average molecular weight is 315 g/mol. The molecule has 0 aromatic heterocycles. The van der Waals surface area contributed by atoms with Crippen molar-refractivity contribution in [2.75, 3.05) is 23.9 Å². The Bertz CT molecular complexity index is 594. The molecule has 1 aromatic carbocycles. The zero-order valence-corrected chi connectivity index (χ0v) is 12.4. The van der Waals surface area contributed by atoms with Crippen LogP contribution in [-0.4, -0.2) is 44.0 Å². The van der Waals surface area contributed by atoms with Gasteiger partial charge in [0, 0.05) is 18.4 Å². The molecule has 0 saturated heterocycles. The molecule has 0 atom stereocenters. The topological polar surface area (TPSA) is 110 Å². The lowest BCUT2D eigenvalue weighted by atomic mass is 10.2. The molecule has 0 unspecified atom stereocenters. The molecule has 0 spiro atoms. The van der Waals surface area contributed by atoms with E-state index in [2.05, 4.69) is 5.32 Å². The molecule has 0 aliphatic heterocycles. The van der Waals surface area contributed by atoms with Crippen LogP contribution >= 0.6 is 0 Å². The Labute approximate surface area is 122 Å². The van der Waals surface area contributed by atoms with Gasteiger partial charge in [0.25, 0.3) is 0 Å². The number of sulfone groups is 1. The van der Waals surface area contributed by atoms with Gasteiger partial charge in [-0.15, -0.1) is 0 Å². The number of anilines is 1. The summed E-state index contributed by atoms with van der Waals surface area (Å²) in [6, 6.07) is 6.22. The van der Waals surface area contributed by atoms with Gasteiger partial charge in [-0.3, -0.25) is 4.79 Å². The molecule has 0 heterocycles. The Morgan fingerprint density at radius 1 is 1.24 bits per heavy atom. The monoisotopic (exact) mass is 315 g/mol. The number of nitrogens with one attached hydrogen (secondary N) is 1. The highest BCUT2D eigenvalue weighted by molar-refractivity contribution is 7.90. The smallest absolute Gasteiger partial charge is 0.341 e. The minimum atomic E-state index is -3.06. The van der Waals surface area contributed by atoms with Gasteiger partial charge in [-0.05, 0) is 30.7 Å². The second-order valence-corrected chi connectivity index (χ2v) is 6.75. The fourth-order valence-corrected chi connectivity index (χ4v) is 2.17. The Morgan fingerprint density at radius 3 is 2.38 bits per heavy atom. The second kappa shape index (κ2) is 7.63. The standard InChI is InChI=1S/C13H17NO6S/c1-21(18,19)8-2-3-12(15)14-10-4-6-11(7-5-10)20-9-13(16)17/h4-7H,2-3,8-9H2,1H3,(H,14,15)(H,16,17). The van der Waals surface area contributed by atoms with E-state index in [0.717, 1.165) is 6.26 Å². The number of carbonyl (C=O) groups excluding carboxylic acids is 1. The van der Waals surface area contributed by atoms with Gasteiger partial charge >= 0.3 is 5.97 Å². The number of aliphatic carboxylic acids is 1. The normalized spacial score (nSPS) is 10.9. The summed E-state index contributed by atoms with van der Waals surface area (Å²) in [5.41, 5.74) is 0.530. The highest BCUT2D eigenvalue weighted by Gasteiger charge is 2.07. The van der Waals surface area contributed by atoms with Crippen molar-refractivity contribution in [3.8, 4) is 5.75 Å². The average Bonchev–Trinajstić information content (AvgIpc) is 2.36. The summed E-state index contributed by atoms with van der Waals surface area (Å²) < 4.78 is 26.8. The fraction of sp³-hybridized carbons (Fsp3) is 0.385. The molecular formula is C13H17NO6S. The first-order chi connectivity index (χ1) is 9.76. The predicted octanol–water partition coefficient (Wildman–Crippen LogP) is 0.913. The number of benzene rings is 1. The third-order valence-corrected chi connectivity index (χ3v) is 3.45. The van der Waals surface area contributed by atoms with Crippen molar-refractivity contribution < 1.29 is 27.9 Å². The first kappa shape index (κ1) is 17.0. The summed E-state index contributed by atoms with van der Waals surface area (Å²) in [6.07, 6.45) is 1.51. The first-order valence-electron chi connectivity index (χ1n) is 6.18. The molecule has 8 heteroatoms. The molecule has 116 valence electrons. The van der Waals surface area contributed by atoms with Crippen LogP contribution in [0, 0.1) is 0 Å². The van der Waals surface area contributed by atoms with Gasteiger partial charge in [0.15, 0.2) is 6.61 Å². The Hall–Kier alpha value is -2.09. The van der Waals surface area contributed by atoms with E-state index in [9.17, 15) is 18.0 Å². The molecular weight excluding hydrogens is 298 g/mol. The zero-order chi connectivity index (χ0) is 15.9. The largest absolute Gasteiger partial charge is 0.482 e. The molecule has 1 amide bonds. The van der Waals surface area contributed by atoms with Crippen molar-refractivity contribution >= 4 is 27.4 Å². The SMILES string of the molecule is CS(=O)(=O)CCCC(=O)Nc1ccc(OCC(=O)O)cc1. The predicted molar refractivity (Wildman–Crippen MR) is 77.1 cm³/mol. The third-order valence-electron chi connectivity index (χ3n) is 2.42. The minimum Gasteiger partial charge on any atom is -0.482 e. The van der Waals surface area contributed by atoms with Crippen molar-refractivity contribution in [1.29, 1.82) is 0 Å². The van der Waals surface area contributed by atoms with Crippen LogP contribution in [-0.2, 0) is 19.4 Å². The Morgan fingerprint density at radius 2 is 1.86 bits per heavy atom. The van der Waals surface area contributed by atoms with Gasteiger partial charge in [-0.1, -0.05) is 0 Å². The van der Waals surface area contributed by atoms with E-state index in [4.69, 9.17) is 9.84 Å². The van der Waals surface area contributed by atoms with Crippen molar-refractivity contribution in [3.63, 3.8) is 0 Å². The number of hydrogen-bond donors (Lipinski definition) is 2. The molecule has 0 fully saturated rings. The lowest BCUT2D eigenvalue weighted by Gasteiger charge is -2.07. The van der Waals surface area contributed by atoms with Crippen LogP contribution < -0.4 is 10.1 Å². The summed E-state index contributed by atoms with van der Waals surface area (Å²) in [7, 11) is -3.06. The number of carboxylic acid groups (broad SMARTS) is 1. The molecule has 0 aliphatic rings. The molecule has 21 heavy (non-hydrogen) atoms.